The van der Waals surface area contributed by atoms with Gasteiger partial charge in [-0.3, -0.25) is 14.4 Å². The van der Waals surface area contributed by atoms with E-state index in [1.54, 1.807) is 27.7 Å². The molecule has 0 fully saturated rings. The first-order chi connectivity index (χ1) is 27.4. The lowest BCUT2D eigenvalue weighted by Gasteiger charge is -2.27. The lowest BCUT2D eigenvalue weighted by atomic mass is 9.91. The number of nitrogens with one attached hydrogen (secondary N) is 1. The van der Waals surface area contributed by atoms with E-state index in [2.05, 4.69) is 30.8 Å². The van der Waals surface area contributed by atoms with Gasteiger partial charge in [0.15, 0.2) is 5.60 Å². The van der Waals surface area contributed by atoms with Crippen molar-refractivity contribution < 1.29 is 97.4 Å². The first-order valence-corrected chi connectivity index (χ1v) is 18.1. The number of esters is 4. The Hall–Kier alpha value is -4.99. The number of carbonyl (C=O) groups excluding carboxylic acids is 6. The third-order valence-electron chi connectivity index (χ3n) is 7.85. The fraction of sp³-hybridized carbons (Fsp3) is 0.632. The van der Waals surface area contributed by atoms with Gasteiger partial charge in [-0.1, -0.05) is 20.4 Å². The summed E-state index contributed by atoms with van der Waals surface area (Å²) < 4.78 is 127. The largest absolute Gasteiger partial charge is 0.490 e. The molecule has 0 saturated carbocycles. The van der Waals surface area contributed by atoms with E-state index in [-0.39, 0.29) is 56.9 Å². The molecule has 0 atom stereocenters. The van der Waals surface area contributed by atoms with Crippen LogP contribution in [0, 0.1) is 10.8 Å². The molecule has 0 radical (unpaired) electrons. The van der Waals surface area contributed by atoms with E-state index >= 15 is 0 Å². The fourth-order valence-corrected chi connectivity index (χ4v) is 3.59. The van der Waals surface area contributed by atoms with Gasteiger partial charge in [-0.25, -0.2) is 19.1 Å². The predicted octanol–water partition coefficient (Wildman–Crippen LogP) is 6.75. The molecule has 342 valence electrons. The molecule has 1 N–H and O–H groups in total. The number of alkyl halides is 7. The maximum Gasteiger partial charge on any atom is 0.460 e. The van der Waals surface area contributed by atoms with E-state index < -0.39 is 77.8 Å². The molecule has 0 aromatic heterocycles. The summed E-state index contributed by atoms with van der Waals surface area (Å²) in [4.78, 5) is 69.9. The van der Waals surface area contributed by atoms with Gasteiger partial charge >= 0.3 is 48.4 Å². The third-order valence-corrected chi connectivity index (χ3v) is 7.85. The van der Waals surface area contributed by atoms with Gasteiger partial charge in [-0.15, -0.1) is 0 Å². The minimum absolute atomic E-state index is 0.00112. The third kappa shape index (κ3) is 21.9. The van der Waals surface area contributed by atoms with E-state index in [0.29, 0.717) is 12.8 Å². The van der Waals surface area contributed by atoms with Crippen molar-refractivity contribution in [1.82, 2.24) is 5.32 Å². The summed E-state index contributed by atoms with van der Waals surface area (Å²) in [5.74, 6) is -4.73. The summed E-state index contributed by atoms with van der Waals surface area (Å²) in [6.45, 7) is 11.5. The Morgan fingerprint density at radius 2 is 1.17 bits per heavy atom. The lowest BCUT2D eigenvalue weighted by Crippen LogP contribution is -2.47. The van der Waals surface area contributed by atoms with Crippen LogP contribution in [0.15, 0.2) is 36.9 Å². The summed E-state index contributed by atoms with van der Waals surface area (Å²) in [6, 6.07) is 5.06. The van der Waals surface area contributed by atoms with Crippen molar-refractivity contribution >= 4 is 35.8 Å². The second-order valence-electron chi connectivity index (χ2n) is 14.1. The van der Waals surface area contributed by atoms with Gasteiger partial charge in [0.1, 0.15) is 52.0 Å². The topological polar surface area (TPSA) is 188 Å². The van der Waals surface area contributed by atoms with Crippen LogP contribution in [-0.2, 0) is 52.3 Å². The molecule has 0 spiro atoms. The Kier molecular flexibility index (Phi) is 22.3. The van der Waals surface area contributed by atoms with Crippen LogP contribution in [0.1, 0.15) is 78.6 Å². The van der Waals surface area contributed by atoms with Crippen molar-refractivity contribution in [3.8, 4) is 5.75 Å². The fourth-order valence-electron chi connectivity index (χ4n) is 3.59. The van der Waals surface area contributed by atoms with Gasteiger partial charge in [-0.2, -0.15) is 30.7 Å². The van der Waals surface area contributed by atoms with Crippen molar-refractivity contribution in [3.63, 3.8) is 0 Å². The minimum atomic E-state index is -5.34. The number of carbonyl (C=O) groups is 6. The highest BCUT2D eigenvalue weighted by atomic mass is 19.4. The van der Waals surface area contributed by atoms with Crippen molar-refractivity contribution in [2.45, 2.75) is 92.2 Å². The highest BCUT2D eigenvalue weighted by Crippen LogP contribution is 2.31. The molecule has 0 bridgehead atoms. The Bertz CT molecular complexity index is 1580. The lowest BCUT2D eigenvalue weighted by molar-refractivity contribution is -0.378. The number of ether oxygens (including phenoxy) is 8. The molecule has 22 heteroatoms. The number of amides is 1. The molecular formula is C38H52F7NO14. The molecule has 0 unspecified atom stereocenters. The maximum atomic E-state index is 13.9. The number of Topliss-reactive ketones (excluding diaryl/α,β-unsaturated/α-hetero) is 1. The van der Waals surface area contributed by atoms with Gasteiger partial charge in [0.05, 0.1) is 17.4 Å². The number of alkyl carbamates (subject to hydrolysis) is 1. The average molecular weight is 880 g/mol. The molecule has 1 rings (SSSR count). The number of hydrogen-bond acceptors (Lipinski definition) is 14. The Labute approximate surface area is 342 Å². The van der Waals surface area contributed by atoms with E-state index in [9.17, 15) is 59.5 Å². The smallest absolute Gasteiger partial charge is 0.460 e. The monoisotopic (exact) mass is 879 g/mol. The summed E-state index contributed by atoms with van der Waals surface area (Å²) in [6.07, 6.45) is -13.7. The summed E-state index contributed by atoms with van der Waals surface area (Å²) in [5, 5.41) is 2.38. The van der Waals surface area contributed by atoms with Gasteiger partial charge < -0.3 is 38.5 Å². The van der Waals surface area contributed by atoms with Crippen molar-refractivity contribution in [2.75, 3.05) is 52.8 Å². The predicted molar refractivity (Wildman–Crippen MR) is 195 cm³/mol. The molecule has 0 heterocycles. The van der Waals surface area contributed by atoms with Crippen LogP contribution < -0.4 is 10.1 Å². The molecular weight excluding hydrogens is 827 g/mol. The van der Waals surface area contributed by atoms with Gasteiger partial charge in [0.2, 0.25) is 5.78 Å². The molecule has 0 aliphatic rings. The highest BCUT2D eigenvalue weighted by molar-refractivity contribution is 6.03. The van der Waals surface area contributed by atoms with Crippen LogP contribution in [-0.4, -0.2) is 113 Å². The van der Waals surface area contributed by atoms with Gasteiger partial charge in [-0.05, 0) is 78.6 Å². The van der Waals surface area contributed by atoms with E-state index in [4.69, 9.17) is 18.9 Å². The molecule has 60 heavy (non-hydrogen) atoms. The second-order valence-corrected chi connectivity index (χ2v) is 14.1. The number of benzene rings is 1. The normalized spacial score (nSPS) is 12.2. The number of ketones is 1. The molecule has 15 nitrogen and oxygen atoms in total. The maximum absolute atomic E-state index is 13.9. The van der Waals surface area contributed by atoms with E-state index in [0.717, 1.165) is 19.9 Å². The first-order valence-electron chi connectivity index (χ1n) is 18.1. The molecule has 1 aromatic rings. The zero-order valence-corrected chi connectivity index (χ0v) is 34.5. The SMILES string of the molecule is C=CC(=O)OCCNC(=O)OCCOC(=O)C(C)(C)CC.CCC(C)(C)C(=O)OCCOc1ccc(C(=O)C(C)(C)OC(=O)C(F)(F)OC(F)(F)COCC(F)(F)F)cc1. The Morgan fingerprint density at radius 3 is 1.65 bits per heavy atom. The quantitative estimate of drug-likeness (QED) is 0.0287. The van der Waals surface area contributed by atoms with Crippen LogP contribution in [0.3, 0.4) is 0 Å². The van der Waals surface area contributed by atoms with Crippen LogP contribution in [0.2, 0.25) is 0 Å². The van der Waals surface area contributed by atoms with E-state index in [1.165, 1.54) is 24.3 Å². The number of halogens is 7. The van der Waals surface area contributed by atoms with Gasteiger partial charge in [0.25, 0.3) is 0 Å². The molecule has 0 aliphatic heterocycles. The van der Waals surface area contributed by atoms with Crippen molar-refractivity contribution in [3.05, 3.63) is 42.5 Å². The average Bonchev–Trinajstić information content (AvgIpc) is 3.15. The number of hydrogen-bond donors (Lipinski definition) is 1. The second kappa shape index (κ2) is 24.3. The summed E-state index contributed by atoms with van der Waals surface area (Å²) >= 11 is 0. The van der Waals surface area contributed by atoms with Crippen molar-refractivity contribution in [1.29, 1.82) is 0 Å². The zero-order valence-electron chi connectivity index (χ0n) is 34.5. The molecule has 1 aromatic carbocycles. The van der Waals surface area contributed by atoms with Gasteiger partial charge in [0, 0.05) is 11.6 Å². The minimum Gasteiger partial charge on any atom is -0.490 e. The molecule has 0 aliphatic carbocycles. The molecule has 0 saturated heterocycles. The van der Waals surface area contributed by atoms with Crippen LogP contribution >= 0.6 is 0 Å². The van der Waals surface area contributed by atoms with E-state index in [1.807, 2.05) is 13.8 Å². The molecule has 1 amide bonds. The highest BCUT2D eigenvalue weighted by Gasteiger charge is 2.54. The standard InChI is InChI=1S/C24H29F7O8.C14H23NO6/c1-6-20(2,3)18(33)37-12-11-36-16-9-7-15(8-10-16)17(32)21(4,5)38-19(34)24(30,31)39-23(28,29)14-35-13-22(25,26)27;1-5-11(16)19-8-7-15-13(18)21-10-9-20-12(17)14(3,4)6-2/h7-10H,6,11-14H2,1-5H3;5H,1,6-10H2,2-4H3,(H,15,18). The van der Waals surface area contributed by atoms with Crippen LogP contribution in [0.4, 0.5) is 35.5 Å². The summed E-state index contributed by atoms with van der Waals surface area (Å²) in [5.41, 5.74) is -3.63. The van der Waals surface area contributed by atoms with Crippen LogP contribution in [0.25, 0.3) is 0 Å². The van der Waals surface area contributed by atoms with Crippen molar-refractivity contribution in [2.24, 2.45) is 10.8 Å². The first kappa shape index (κ1) is 55.0. The number of rotatable bonds is 24. The van der Waals surface area contributed by atoms with Crippen LogP contribution in [0.5, 0.6) is 5.75 Å². The Balaban J connectivity index is 0.00000140. The zero-order chi connectivity index (χ0) is 46.6. The Morgan fingerprint density at radius 1 is 0.667 bits per heavy atom. The summed E-state index contributed by atoms with van der Waals surface area (Å²) in [7, 11) is 0.